The Bertz CT molecular complexity index is 348. The first-order chi connectivity index (χ1) is 8.97. The van der Waals surface area contributed by atoms with E-state index in [9.17, 15) is 0 Å². The van der Waals surface area contributed by atoms with Crippen LogP contribution in [0.25, 0.3) is 0 Å². The first kappa shape index (κ1) is 16.7. The van der Waals surface area contributed by atoms with Gasteiger partial charge in [-0.2, -0.15) is 0 Å². The van der Waals surface area contributed by atoms with Gasteiger partial charge in [-0.05, 0) is 30.4 Å². The highest BCUT2D eigenvalue weighted by atomic mass is 32.1. The maximum atomic E-state index is 3.75. The zero-order valence-corrected chi connectivity index (χ0v) is 14.2. The number of unbranched alkanes of at least 4 members (excludes halogenated alkanes) is 1. The van der Waals surface area contributed by atoms with E-state index in [1.54, 1.807) is 0 Å². The molecule has 2 heteroatoms. The fraction of sp³-hybridized carbons (Fsp3) is 0.765. The van der Waals surface area contributed by atoms with Crippen molar-refractivity contribution >= 4 is 11.3 Å². The molecule has 0 fully saturated rings. The zero-order valence-electron chi connectivity index (χ0n) is 13.4. The van der Waals surface area contributed by atoms with Crippen LogP contribution in [0, 0.1) is 0 Å². The van der Waals surface area contributed by atoms with E-state index in [-0.39, 0.29) is 5.41 Å². The molecule has 0 spiro atoms. The molecule has 1 aromatic heterocycles. The van der Waals surface area contributed by atoms with Crippen LogP contribution in [0.15, 0.2) is 12.1 Å². The Morgan fingerprint density at radius 3 is 2.37 bits per heavy atom. The van der Waals surface area contributed by atoms with Gasteiger partial charge in [-0.1, -0.05) is 53.9 Å². The Hall–Kier alpha value is -0.340. The topological polar surface area (TPSA) is 12.0 Å². The van der Waals surface area contributed by atoms with Gasteiger partial charge in [0.05, 0.1) is 0 Å². The monoisotopic (exact) mass is 281 g/mol. The molecule has 1 N–H and O–H groups in total. The van der Waals surface area contributed by atoms with Crippen molar-refractivity contribution in [1.29, 1.82) is 0 Å². The summed E-state index contributed by atoms with van der Waals surface area (Å²) in [6.45, 7) is 12.5. The minimum atomic E-state index is 0.286. The van der Waals surface area contributed by atoms with Crippen molar-refractivity contribution in [1.82, 2.24) is 5.32 Å². The molecule has 1 nitrogen and oxygen atoms in total. The maximum absolute atomic E-state index is 3.75. The van der Waals surface area contributed by atoms with Crippen LogP contribution >= 0.6 is 11.3 Å². The van der Waals surface area contributed by atoms with Gasteiger partial charge < -0.3 is 5.32 Å². The van der Waals surface area contributed by atoms with Gasteiger partial charge in [0.15, 0.2) is 0 Å². The standard InChI is InChI=1S/C17H31NS/c1-6-8-10-14(9-7-2)18-13-15-11-12-16(19-15)17(3,4)5/h11-12,14,18H,6-10,13H2,1-5H3. The van der Waals surface area contributed by atoms with E-state index in [0.29, 0.717) is 6.04 Å². The van der Waals surface area contributed by atoms with E-state index in [4.69, 9.17) is 0 Å². The van der Waals surface area contributed by atoms with Crippen LogP contribution in [0.2, 0.25) is 0 Å². The number of nitrogens with one attached hydrogen (secondary N) is 1. The summed E-state index contributed by atoms with van der Waals surface area (Å²) in [5.41, 5.74) is 0.286. The molecule has 0 amide bonds. The van der Waals surface area contributed by atoms with E-state index >= 15 is 0 Å². The molecule has 0 bridgehead atoms. The summed E-state index contributed by atoms with van der Waals surface area (Å²) in [6, 6.07) is 5.29. The van der Waals surface area contributed by atoms with Crippen LogP contribution in [-0.4, -0.2) is 6.04 Å². The fourth-order valence-electron chi connectivity index (χ4n) is 2.27. The maximum Gasteiger partial charge on any atom is 0.0302 e. The van der Waals surface area contributed by atoms with E-state index in [1.807, 2.05) is 11.3 Å². The Balaban J connectivity index is 2.47. The summed E-state index contributed by atoms with van der Waals surface area (Å²) in [4.78, 5) is 2.97. The lowest BCUT2D eigenvalue weighted by molar-refractivity contribution is 0.435. The molecule has 1 atom stereocenters. The van der Waals surface area contributed by atoms with Crippen LogP contribution in [0.4, 0.5) is 0 Å². The van der Waals surface area contributed by atoms with Gasteiger partial charge in [0.25, 0.3) is 0 Å². The molecular weight excluding hydrogens is 250 g/mol. The number of thiophene rings is 1. The van der Waals surface area contributed by atoms with Crippen molar-refractivity contribution in [2.45, 2.75) is 84.7 Å². The van der Waals surface area contributed by atoms with Gasteiger partial charge in [0.1, 0.15) is 0 Å². The smallest absolute Gasteiger partial charge is 0.0302 e. The average Bonchev–Trinajstić information content (AvgIpc) is 2.81. The Morgan fingerprint density at radius 2 is 1.84 bits per heavy atom. The molecule has 0 aliphatic heterocycles. The molecule has 1 heterocycles. The summed E-state index contributed by atoms with van der Waals surface area (Å²) >= 11 is 1.96. The first-order valence-corrected chi connectivity index (χ1v) is 8.61. The summed E-state index contributed by atoms with van der Waals surface area (Å²) in [7, 11) is 0. The predicted octanol–water partition coefficient (Wildman–Crippen LogP) is 5.49. The summed E-state index contributed by atoms with van der Waals surface area (Å²) < 4.78 is 0. The lowest BCUT2D eigenvalue weighted by atomic mass is 9.95. The second-order valence-corrected chi connectivity index (χ2v) is 7.69. The molecule has 0 saturated heterocycles. The molecule has 0 aliphatic rings. The number of hydrogen-bond donors (Lipinski definition) is 1. The first-order valence-electron chi connectivity index (χ1n) is 7.80. The van der Waals surface area contributed by atoms with Gasteiger partial charge in [-0.3, -0.25) is 0 Å². The van der Waals surface area contributed by atoms with Gasteiger partial charge in [-0.25, -0.2) is 0 Å². The van der Waals surface area contributed by atoms with Crippen molar-refractivity contribution in [2.24, 2.45) is 0 Å². The molecule has 1 aromatic rings. The van der Waals surface area contributed by atoms with Crippen LogP contribution in [0.5, 0.6) is 0 Å². The Labute approximate surface area is 123 Å². The quantitative estimate of drug-likeness (QED) is 0.664. The van der Waals surface area contributed by atoms with Crippen LogP contribution in [-0.2, 0) is 12.0 Å². The molecule has 19 heavy (non-hydrogen) atoms. The second-order valence-electron chi connectivity index (χ2n) is 6.52. The highest BCUT2D eigenvalue weighted by Crippen LogP contribution is 2.29. The van der Waals surface area contributed by atoms with Crippen LogP contribution in [0.3, 0.4) is 0 Å². The molecular formula is C17H31NS. The minimum absolute atomic E-state index is 0.286. The van der Waals surface area contributed by atoms with Crippen LogP contribution < -0.4 is 5.32 Å². The summed E-state index contributed by atoms with van der Waals surface area (Å²) in [6.07, 6.45) is 6.54. The van der Waals surface area contributed by atoms with Crippen molar-refractivity contribution in [3.8, 4) is 0 Å². The molecule has 0 aliphatic carbocycles. The third-order valence-corrected chi connectivity index (χ3v) is 5.02. The summed E-state index contributed by atoms with van der Waals surface area (Å²) in [5, 5.41) is 3.75. The fourth-order valence-corrected chi connectivity index (χ4v) is 3.28. The minimum Gasteiger partial charge on any atom is -0.309 e. The largest absolute Gasteiger partial charge is 0.309 e. The molecule has 0 saturated carbocycles. The van der Waals surface area contributed by atoms with Crippen molar-refractivity contribution in [3.63, 3.8) is 0 Å². The molecule has 0 aromatic carbocycles. The molecule has 110 valence electrons. The predicted molar refractivity (Wildman–Crippen MR) is 88.1 cm³/mol. The van der Waals surface area contributed by atoms with Gasteiger partial charge in [0.2, 0.25) is 0 Å². The van der Waals surface area contributed by atoms with Gasteiger partial charge >= 0.3 is 0 Å². The SMILES string of the molecule is CCCCC(CCC)NCc1ccc(C(C)(C)C)s1. The third-order valence-electron chi connectivity index (χ3n) is 3.51. The van der Waals surface area contributed by atoms with Gasteiger partial charge in [0, 0.05) is 22.3 Å². The van der Waals surface area contributed by atoms with E-state index in [1.165, 1.54) is 41.9 Å². The van der Waals surface area contributed by atoms with Crippen molar-refractivity contribution in [2.75, 3.05) is 0 Å². The highest BCUT2D eigenvalue weighted by Gasteiger charge is 2.16. The third kappa shape index (κ3) is 6.09. The van der Waals surface area contributed by atoms with E-state index in [2.05, 4.69) is 52.1 Å². The van der Waals surface area contributed by atoms with Crippen molar-refractivity contribution < 1.29 is 0 Å². The lowest BCUT2D eigenvalue weighted by Crippen LogP contribution is -2.28. The normalized spacial score (nSPS) is 13.7. The van der Waals surface area contributed by atoms with E-state index in [0.717, 1.165) is 6.54 Å². The number of rotatable bonds is 8. The molecule has 1 rings (SSSR count). The van der Waals surface area contributed by atoms with Crippen molar-refractivity contribution in [3.05, 3.63) is 21.9 Å². The zero-order chi connectivity index (χ0) is 14.3. The Morgan fingerprint density at radius 1 is 1.11 bits per heavy atom. The average molecular weight is 282 g/mol. The highest BCUT2D eigenvalue weighted by molar-refractivity contribution is 7.12. The Kier molecular flexibility index (Phi) is 7.09. The van der Waals surface area contributed by atoms with E-state index < -0.39 is 0 Å². The van der Waals surface area contributed by atoms with Crippen LogP contribution in [0.1, 0.15) is 76.5 Å². The van der Waals surface area contributed by atoms with Gasteiger partial charge in [-0.15, -0.1) is 11.3 Å². The number of hydrogen-bond acceptors (Lipinski definition) is 2. The lowest BCUT2D eigenvalue weighted by Gasteiger charge is -2.18. The summed E-state index contributed by atoms with van der Waals surface area (Å²) in [5.74, 6) is 0. The second kappa shape index (κ2) is 8.06. The molecule has 0 radical (unpaired) electrons. The molecule has 1 unspecified atom stereocenters.